The molecule has 1 fully saturated rings. The second-order valence-electron chi connectivity index (χ2n) is 6.63. The average Bonchev–Trinajstić information content (AvgIpc) is 3.05. The summed E-state index contributed by atoms with van der Waals surface area (Å²) in [6.07, 6.45) is 12.4. The van der Waals surface area contributed by atoms with Crippen LogP contribution in [0.25, 0.3) is 0 Å². The minimum Gasteiger partial charge on any atom is -0.469 e. The molecule has 0 aliphatic heterocycles. The molecule has 1 atom stereocenters. The lowest BCUT2D eigenvalue weighted by molar-refractivity contribution is 0.0275. The summed E-state index contributed by atoms with van der Waals surface area (Å²) in [4.78, 5) is 12.0. The zero-order chi connectivity index (χ0) is 15.9. The summed E-state index contributed by atoms with van der Waals surface area (Å²) in [5, 5.41) is 5.98. The van der Waals surface area contributed by atoms with Crippen molar-refractivity contribution in [3.05, 3.63) is 23.7 Å². The van der Waals surface area contributed by atoms with Gasteiger partial charge in [-0.05, 0) is 38.2 Å². The van der Waals surface area contributed by atoms with Gasteiger partial charge in [-0.25, -0.2) is 4.79 Å². The van der Waals surface area contributed by atoms with E-state index in [1.807, 2.05) is 6.07 Å². The summed E-state index contributed by atoms with van der Waals surface area (Å²) < 4.78 is 11.3. The third-order valence-electron chi connectivity index (χ3n) is 4.87. The molecule has 1 heterocycles. The predicted molar refractivity (Wildman–Crippen MR) is 88.4 cm³/mol. The van der Waals surface area contributed by atoms with Gasteiger partial charge in [0.05, 0.1) is 18.4 Å². The Kier molecular flexibility index (Phi) is 5.97. The molecule has 0 spiro atoms. The lowest BCUT2D eigenvalue weighted by atomic mass is 9.93. The van der Waals surface area contributed by atoms with E-state index in [2.05, 4.69) is 10.6 Å². The minimum atomic E-state index is -0.0956. The molecule has 3 rings (SSSR count). The lowest BCUT2D eigenvalue weighted by Crippen LogP contribution is -2.39. The number of urea groups is 1. The second kappa shape index (κ2) is 8.39. The summed E-state index contributed by atoms with van der Waals surface area (Å²) >= 11 is 0. The van der Waals surface area contributed by atoms with E-state index in [0.717, 1.165) is 43.6 Å². The van der Waals surface area contributed by atoms with E-state index in [1.54, 1.807) is 6.26 Å². The zero-order valence-electron chi connectivity index (χ0n) is 13.8. The van der Waals surface area contributed by atoms with Crippen LogP contribution in [0.2, 0.25) is 0 Å². The summed E-state index contributed by atoms with van der Waals surface area (Å²) in [7, 11) is 0. The van der Waals surface area contributed by atoms with E-state index in [-0.39, 0.29) is 12.1 Å². The molecule has 1 saturated carbocycles. The van der Waals surface area contributed by atoms with E-state index in [0.29, 0.717) is 12.6 Å². The number of aryl methyl sites for hydroxylation is 1. The van der Waals surface area contributed by atoms with Gasteiger partial charge in [-0.3, -0.25) is 0 Å². The van der Waals surface area contributed by atoms with Crippen molar-refractivity contribution in [3.8, 4) is 0 Å². The molecule has 0 aromatic carbocycles. The number of hydrogen-bond acceptors (Lipinski definition) is 3. The van der Waals surface area contributed by atoms with Crippen LogP contribution in [0.1, 0.15) is 68.7 Å². The first-order chi connectivity index (χ1) is 11.3. The average molecular weight is 320 g/mol. The van der Waals surface area contributed by atoms with E-state index >= 15 is 0 Å². The Labute approximate surface area is 138 Å². The van der Waals surface area contributed by atoms with Gasteiger partial charge < -0.3 is 19.8 Å². The molecule has 5 nitrogen and oxygen atoms in total. The number of carbonyl (C=O) groups excluding carboxylic acids is 1. The van der Waals surface area contributed by atoms with Crippen molar-refractivity contribution in [1.29, 1.82) is 0 Å². The maximum atomic E-state index is 12.0. The van der Waals surface area contributed by atoms with Crippen LogP contribution in [0.15, 0.2) is 16.7 Å². The van der Waals surface area contributed by atoms with Gasteiger partial charge in [0, 0.05) is 25.1 Å². The van der Waals surface area contributed by atoms with Gasteiger partial charge in [0.2, 0.25) is 0 Å². The van der Waals surface area contributed by atoms with Crippen molar-refractivity contribution in [1.82, 2.24) is 10.6 Å². The number of carbonyl (C=O) groups is 1. The topological polar surface area (TPSA) is 63.5 Å². The van der Waals surface area contributed by atoms with Crippen molar-refractivity contribution >= 4 is 6.03 Å². The highest BCUT2D eigenvalue weighted by molar-refractivity contribution is 5.74. The molecule has 128 valence electrons. The van der Waals surface area contributed by atoms with Gasteiger partial charge in [-0.2, -0.15) is 0 Å². The fourth-order valence-corrected chi connectivity index (χ4v) is 3.60. The SMILES string of the molecule is O=C(NCCCOC1CCCCC1)NC1CCCc2occc21. The first kappa shape index (κ1) is 16.4. The van der Waals surface area contributed by atoms with E-state index in [9.17, 15) is 4.79 Å². The number of hydrogen-bond donors (Lipinski definition) is 2. The number of nitrogens with one attached hydrogen (secondary N) is 2. The Morgan fingerprint density at radius 3 is 2.96 bits per heavy atom. The number of rotatable bonds is 6. The van der Waals surface area contributed by atoms with Gasteiger partial charge in [0.1, 0.15) is 5.76 Å². The molecule has 2 amide bonds. The number of amides is 2. The van der Waals surface area contributed by atoms with Crippen LogP contribution in [0, 0.1) is 0 Å². The Hall–Kier alpha value is -1.49. The molecule has 2 aliphatic rings. The highest BCUT2D eigenvalue weighted by Crippen LogP contribution is 2.30. The Morgan fingerprint density at radius 1 is 1.22 bits per heavy atom. The Balaban J connectivity index is 1.30. The lowest BCUT2D eigenvalue weighted by Gasteiger charge is -2.23. The molecule has 0 radical (unpaired) electrons. The van der Waals surface area contributed by atoms with Gasteiger partial charge in [0.25, 0.3) is 0 Å². The molecular formula is C18H28N2O3. The maximum Gasteiger partial charge on any atom is 0.315 e. The van der Waals surface area contributed by atoms with Crippen molar-refractivity contribution < 1.29 is 13.9 Å². The summed E-state index contributed by atoms with van der Waals surface area (Å²) in [6, 6.07) is 1.95. The first-order valence-electron chi connectivity index (χ1n) is 9.05. The maximum absolute atomic E-state index is 12.0. The molecule has 1 aromatic heterocycles. The Bertz CT molecular complexity index is 494. The normalized spacial score (nSPS) is 21.7. The third-order valence-corrected chi connectivity index (χ3v) is 4.87. The van der Waals surface area contributed by atoms with Crippen molar-refractivity contribution in [3.63, 3.8) is 0 Å². The van der Waals surface area contributed by atoms with Crippen LogP contribution in [-0.2, 0) is 11.2 Å². The molecule has 0 bridgehead atoms. The van der Waals surface area contributed by atoms with Gasteiger partial charge in [-0.15, -0.1) is 0 Å². The van der Waals surface area contributed by atoms with Crippen LogP contribution >= 0.6 is 0 Å². The van der Waals surface area contributed by atoms with Crippen molar-refractivity contribution in [2.24, 2.45) is 0 Å². The fourth-order valence-electron chi connectivity index (χ4n) is 3.60. The van der Waals surface area contributed by atoms with E-state index in [4.69, 9.17) is 9.15 Å². The van der Waals surface area contributed by atoms with Crippen LogP contribution in [0.5, 0.6) is 0 Å². The summed E-state index contributed by atoms with van der Waals surface area (Å²) in [5.41, 5.74) is 1.13. The first-order valence-corrected chi connectivity index (χ1v) is 9.05. The highest BCUT2D eigenvalue weighted by Gasteiger charge is 2.23. The molecule has 2 N–H and O–H groups in total. The Morgan fingerprint density at radius 2 is 2.09 bits per heavy atom. The van der Waals surface area contributed by atoms with Gasteiger partial charge in [-0.1, -0.05) is 19.3 Å². The van der Waals surface area contributed by atoms with Crippen LogP contribution in [0.3, 0.4) is 0 Å². The van der Waals surface area contributed by atoms with Crippen molar-refractivity contribution in [2.75, 3.05) is 13.2 Å². The standard InChI is InChI=1S/C18H28N2O3/c21-18(19-11-5-12-22-14-6-2-1-3-7-14)20-16-8-4-9-17-15(16)10-13-23-17/h10,13-14,16H,1-9,11-12H2,(H2,19,20,21). The van der Waals surface area contributed by atoms with Crippen LogP contribution < -0.4 is 10.6 Å². The molecule has 5 heteroatoms. The van der Waals surface area contributed by atoms with Gasteiger partial charge >= 0.3 is 6.03 Å². The van der Waals surface area contributed by atoms with Gasteiger partial charge in [0.15, 0.2) is 0 Å². The number of ether oxygens (including phenoxy) is 1. The van der Waals surface area contributed by atoms with E-state index < -0.39 is 0 Å². The largest absolute Gasteiger partial charge is 0.469 e. The molecule has 23 heavy (non-hydrogen) atoms. The predicted octanol–water partition coefficient (Wildman–Crippen LogP) is 3.70. The monoisotopic (exact) mass is 320 g/mol. The van der Waals surface area contributed by atoms with Crippen LogP contribution in [-0.4, -0.2) is 25.3 Å². The van der Waals surface area contributed by atoms with Crippen molar-refractivity contribution in [2.45, 2.75) is 69.9 Å². The molecular weight excluding hydrogens is 292 g/mol. The molecule has 1 unspecified atom stereocenters. The highest BCUT2D eigenvalue weighted by atomic mass is 16.5. The molecule has 2 aliphatic carbocycles. The molecule has 1 aromatic rings. The fraction of sp³-hybridized carbons (Fsp3) is 0.722. The quantitative estimate of drug-likeness (QED) is 0.786. The number of furan rings is 1. The minimum absolute atomic E-state index is 0.0796. The smallest absolute Gasteiger partial charge is 0.315 e. The zero-order valence-corrected chi connectivity index (χ0v) is 13.8. The number of fused-ring (bicyclic) bond motifs is 1. The summed E-state index contributed by atoms with van der Waals surface area (Å²) in [5.74, 6) is 1.02. The van der Waals surface area contributed by atoms with Crippen LogP contribution in [0.4, 0.5) is 4.79 Å². The third kappa shape index (κ3) is 4.74. The van der Waals surface area contributed by atoms with E-state index in [1.165, 1.54) is 32.1 Å². The summed E-state index contributed by atoms with van der Waals surface area (Å²) in [6.45, 7) is 1.39. The molecule has 0 saturated heterocycles. The second-order valence-corrected chi connectivity index (χ2v) is 6.63.